The van der Waals surface area contributed by atoms with E-state index in [1.54, 1.807) is 0 Å². The Bertz CT molecular complexity index is 371. The van der Waals surface area contributed by atoms with Crippen molar-refractivity contribution in [2.24, 2.45) is 5.92 Å². The van der Waals surface area contributed by atoms with Gasteiger partial charge in [0.05, 0.1) is 6.61 Å². The van der Waals surface area contributed by atoms with Crippen molar-refractivity contribution in [3.8, 4) is 5.75 Å². The van der Waals surface area contributed by atoms with Crippen LogP contribution in [-0.2, 0) is 6.54 Å². The predicted octanol–water partition coefficient (Wildman–Crippen LogP) is 4.14. The molecule has 0 heterocycles. The molecule has 0 radical (unpaired) electrons. The van der Waals surface area contributed by atoms with E-state index in [9.17, 15) is 0 Å². The third-order valence-corrected chi connectivity index (χ3v) is 4.19. The highest BCUT2D eigenvalue weighted by Gasteiger charge is 2.19. The van der Waals surface area contributed by atoms with E-state index in [1.807, 2.05) is 13.0 Å². The van der Waals surface area contributed by atoms with E-state index in [-0.39, 0.29) is 0 Å². The van der Waals surface area contributed by atoms with Crippen LogP contribution >= 0.6 is 0 Å². The molecule has 0 aliphatic heterocycles. The summed E-state index contributed by atoms with van der Waals surface area (Å²) in [5.74, 6) is 1.84. The Kier molecular flexibility index (Phi) is 5.71. The highest BCUT2D eigenvalue weighted by molar-refractivity contribution is 5.28. The Balaban J connectivity index is 1.82. The van der Waals surface area contributed by atoms with Gasteiger partial charge in [0.2, 0.25) is 0 Å². The first-order chi connectivity index (χ1) is 9.29. The maximum absolute atomic E-state index is 5.54. The molecule has 0 bridgehead atoms. The number of nitrogens with one attached hydrogen (secondary N) is 1. The fraction of sp³-hybridized carbons (Fsp3) is 0.647. The summed E-state index contributed by atoms with van der Waals surface area (Å²) >= 11 is 0. The highest BCUT2D eigenvalue weighted by Crippen LogP contribution is 2.26. The van der Waals surface area contributed by atoms with E-state index in [2.05, 4.69) is 30.4 Å². The average molecular weight is 261 g/mol. The molecule has 1 aliphatic rings. The minimum atomic E-state index is 0.621. The van der Waals surface area contributed by atoms with Crippen LogP contribution in [0.2, 0.25) is 0 Å². The maximum Gasteiger partial charge on any atom is 0.119 e. The molecular formula is C17H27NO. The van der Waals surface area contributed by atoms with Gasteiger partial charge in [-0.25, -0.2) is 0 Å². The van der Waals surface area contributed by atoms with Gasteiger partial charge in [0.15, 0.2) is 0 Å². The van der Waals surface area contributed by atoms with Gasteiger partial charge in [-0.1, -0.05) is 31.4 Å². The molecule has 0 amide bonds. The fourth-order valence-electron chi connectivity index (χ4n) is 2.99. The number of hydrogen-bond acceptors (Lipinski definition) is 2. The van der Waals surface area contributed by atoms with E-state index >= 15 is 0 Å². The first-order valence-electron chi connectivity index (χ1n) is 7.74. The predicted molar refractivity (Wildman–Crippen MR) is 80.5 cm³/mol. The second-order valence-corrected chi connectivity index (χ2v) is 5.65. The van der Waals surface area contributed by atoms with Gasteiger partial charge in [-0.15, -0.1) is 0 Å². The van der Waals surface area contributed by atoms with Crippen molar-refractivity contribution in [2.45, 2.75) is 58.5 Å². The van der Waals surface area contributed by atoms with Crippen LogP contribution in [0.15, 0.2) is 24.3 Å². The largest absolute Gasteiger partial charge is 0.494 e. The summed E-state index contributed by atoms with van der Waals surface area (Å²) in [5, 5.41) is 3.68. The zero-order chi connectivity index (χ0) is 13.5. The number of ether oxygens (including phenoxy) is 1. The Hall–Kier alpha value is -1.02. The molecule has 1 N–H and O–H groups in total. The molecule has 1 aromatic carbocycles. The highest BCUT2D eigenvalue weighted by atomic mass is 16.5. The average Bonchev–Trinajstić information content (AvgIpc) is 2.46. The number of hydrogen-bond donors (Lipinski definition) is 1. The van der Waals surface area contributed by atoms with Crippen molar-refractivity contribution in [1.82, 2.24) is 5.32 Å². The summed E-state index contributed by atoms with van der Waals surface area (Å²) in [6.07, 6.45) is 7.05. The quantitative estimate of drug-likeness (QED) is 0.831. The van der Waals surface area contributed by atoms with Gasteiger partial charge in [-0.05, 0) is 50.3 Å². The van der Waals surface area contributed by atoms with Gasteiger partial charge in [0, 0.05) is 12.6 Å². The van der Waals surface area contributed by atoms with Gasteiger partial charge >= 0.3 is 0 Å². The van der Waals surface area contributed by atoms with Crippen LogP contribution in [0.3, 0.4) is 0 Å². The standard InChI is InChI=1S/C17H27NO/c1-3-19-17-11-7-8-15(12-17)13-18-14(2)16-9-5-4-6-10-16/h7-8,11-12,14,16,18H,3-6,9-10,13H2,1-2H3. The van der Waals surface area contributed by atoms with Gasteiger partial charge in [0.25, 0.3) is 0 Å². The Morgan fingerprint density at radius 1 is 1.26 bits per heavy atom. The smallest absolute Gasteiger partial charge is 0.119 e. The first kappa shape index (κ1) is 14.4. The Morgan fingerprint density at radius 2 is 2.05 bits per heavy atom. The van der Waals surface area contributed by atoms with Crippen molar-refractivity contribution >= 4 is 0 Å². The van der Waals surface area contributed by atoms with E-state index in [0.29, 0.717) is 6.04 Å². The van der Waals surface area contributed by atoms with Gasteiger partial charge < -0.3 is 10.1 Å². The van der Waals surface area contributed by atoms with Crippen molar-refractivity contribution in [1.29, 1.82) is 0 Å². The summed E-state index contributed by atoms with van der Waals surface area (Å²) in [5.41, 5.74) is 1.31. The van der Waals surface area contributed by atoms with Crippen molar-refractivity contribution in [2.75, 3.05) is 6.61 Å². The summed E-state index contributed by atoms with van der Waals surface area (Å²) in [6, 6.07) is 9.04. The van der Waals surface area contributed by atoms with Crippen molar-refractivity contribution in [3.05, 3.63) is 29.8 Å². The number of benzene rings is 1. The molecule has 2 heteroatoms. The van der Waals surface area contributed by atoms with Gasteiger partial charge in [-0.2, -0.15) is 0 Å². The van der Waals surface area contributed by atoms with Gasteiger partial charge in [-0.3, -0.25) is 0 Å². The molecule has 2 nitrogen and oxygen atoms in total. The third kappa shape index (κ3) is 4.54. The first-order valence-corrected chi connectivity index (χ1v) is 7.74. The van der Waals surface area contributed by atoms with Crippen LogP contribution < -0.4 is 10.1 Å². The molecule has 19 heavy (non-hydrogen) atoms. The zero-order valence-electron chi connectivity index (χ0n) is 12.3. The summed E-state index contributed by atoms with van der Waals surface area (Å²) in [4.78, 5) is 0. The van der Waals surface area contributed by atoms with Crippen LogP contribution in [0.5, 0.6) is 5.75 Å². The molecule has 1 saturated carbocycles. The topological polar surface area (TPSA) is 21.3 Å². The molecule has 0 saturated heterocycles. The van der Waals surface area contributed by atoms with Gasteiger partial charge in [0.1, 0.15) is 5.75 Å². The third-order valence-electron chi connectivity index (χ3n) is 4.19. The summed E-state index contributed by atoms with van der Waals surface area (Å²) in [6.45, 7) is 6.03. The van der Waals surface area contributed by atoms with E-state index in [0.717, 1.165) is 24.8 Å². The molecule has 1 atom stereocenters. The summed E-state index contributed by atoms with van der Waals surface area (Å²) in [7, 11) is 0. The molecule has 1 unspecified atom stereocenters. The molecule has 1 fully saturated rings. The lowest BCUT2D eigenvalue weighted by Gasteiger charge is -2.28. The van der Waals surface area contributed by atoms with E-state index in [1.165, 1.54) is 37.7 Å². The summed E-state index contributed by atoms with van der Waals surface area (Å²) < 4.78 is 5.54. The van der Waals surface area contributed by atoms with Crippen molar-refractivity contribution in [3.63, 3.8) is 0 Å². The molecule has 2 rings (SSSR count). The van der Waals surface area contributed by atoms with Crippen LogP contribution in [0.4, 0.5) is 0 Å². The monoisotopic (exact) mass is 261 g/mol. The minimum absolute atomic E-state index is 0.621. The van der Waals surface area contributed by atoms with Crippen LogP contribution in [0, 0.1) is 5.92 Å². The second kappa shape index (κ2) is 7.54. The Morgan fingerprint density at radius 3 is 2.79 bits per heavy atom. The lowest BCUT2D eigenvalue weighted by molar-refractivity contribution is 0.280. The Labute approximate surface area is 117 Å². The van der Waals surface area contributed by atoms with E-state index < -0.39 is 0 Å². The lowest BCUT2D eigenvalue weighted by Crippen LogP contribution is -2.34. The van der Waals surface area contributed by atoms with Crippen molar-refractivity contribution < 1.29 is 4.74 Å². The molecule has 1 aromatic rings. The molecular weight excluding hydrogens is 234 g/mol. The SMILES string of the molecule is CCOc1cccc(CNC(C)C2CCCCC2)c1. The minimum Gasteiger partial charge on any atom is -0.494 e. The molecule has 106 valence electrons. The van der Waals surface area contributed by atoms with Crippen LogP contribution in [0.1, 0.15) is 51.5 Å². The molecule has 0 spiro atoms. The van der Waals surface area contributed by atoms with Crippen LogP contribution in [0.25, 0.3) is 0 Å². The number of rotatable bonds is 6. The zero-order valence-corrected chi connectivity index (χ0v) is 12.3. The second-order valence-electron chi connectivity index (χ2n) is 5.65. The lowest BCUT2D eigenvalue weighted by atomic mass is 9.84. The fourth-order valence-corrected chi connectivity index (χ4v) is 2.99. The molecule has 1 aliphatic carbocycles. The van der Waals surface area contributed by atoms with Crippen LogP contribution in [-0.4, -0.2) is 12.6 Å². The maximum atomic E-state index is 5.54. The molecule has 0 aromatic heterocycles. The van der Waals surface area contributed by atoms with E-state index in [4.69, 9.17) is 4.74 Å². The normalized spacial score (nSPS) is 18.2.